The second-order valence-corrected chi connectivity index (χ2v) is 7.03. The second-order valence-electron chi connectivity index (χ2n) is 4.26. The average Bonchev–Trinajstić information content (AvgIpc) is 2.41. The van der Waals surface area contributed by atoms with Crippen LogP contribution in [0.2, 0.25) is 0 Å². The molecule has 0 aliphatic carbocycles. The highest BCUT2D eigenvalue weighted by Crippen LogP contribution is 2.32. The van der Waals surface area contributed by atoms with Gasteiger partial charge in [-0.2, -0.15) is 0 Å². The molecule has 1 aliphatic heterocycles. The summed E-state index contributed by atoms with van der Waals surface area (Å²) in [5.41, 5.74) is 1.03. The van der Waals surface area contributed by atoms with Crippen molar-refractivity contribution in [2.45, 2.75) is 25.6 Å². The molecule has 0 N–H and O–H groups in total. The summed E-state index contributed by atoms with van der Waals surface area (Å²) in [6.07, 6.45) is 4.97. The van der Waals surface area contributed by atoms with Gasteiger partial charge >= 0.3 is 0 Å². The molecule has 19 heavy (non-hydrogen) atoms. The van der Waals surface area contributed by atoms with Crippen LogP contribution in [0.4, 0.5) is 0 Å². The van der Waals surface area contributed by atoms with Crippen LogP contribution in [0, 0.1) is 0 Å². The lowest BCUT2D eigenvalue weighted by molar-refractivity contribution is -0.106. The summed E-state index contributed by atoms with van der Waals surface area (Å²) in [5, 5.41) is 0. The Hall–Kier alpha value is -0.520. The maximum atomic E-state index is 5.85. The lowest BCUT2D eigenvalue weighted by Crippen LogP contribution is -2.25. The first-order valence-electron chi connectivity index (χ1n) is 6.18. The molecular formula is C14H16Br2O3. The van der Waals surface area contributed by atoms with Gasteiger partial charge in [-0.3, -0.25) is 0 Å². The quantitative estimate of drug-likeness (QED) is 0.745. The molecule has 0 saturated carbocycles. The van der Waals surface area contributed by atoms with E-state index >= 15 is 0 Å². The highest BCUT2D eigenvalue weighted by molar-refractivity contribution is 9.28. The third-order valence-electron chi connectivity index (χ3n) is 2.86. The maximum absolute atomic E-state index is 5.85. The van der Waals surface area contributed by atoms with Crippen molar-refractivity contribution in [2.75, 3.05) is 13.7 Å². The van der Waals surface area contributed by atoms with Crippen molar-refractivity contribution >= 4 is 37.9 Å². The van der Waals surface area contributed by atoms with Gasteiger partial charge < -0.3 is 14.2 Å². The molecule has 1 aliphatic rings. The predicted molar refractivity (Wildman–Crippen MR) is 83.0 cm³/mol. The minimum Gasteiger partial charge on any atom is -0.493 e. The molecule has 0 radical (unpaired) electrons. The molecule has 3 nitrogen and oxygen atoms in total. The molecule has 0 spiro atoms. The summed E-state index contributed by atoms with van der Waals surface area (Å²) in [4.78, 5) is 0. The summed E-state index contributed by atoms with van der Waals surface area (Å²) < 4.78 is 17.7. The van der Waals surface area contributed by atoms with Crippen molar-refractivity contribution in [3.05, 3.63) is 27.2 Å². The van der Waals surface area contributed by atoms with Crippen LogP contribution in [0.25, 0.3) is 6.08 Å². The Labute approximate surface area is 130 Å². The maximum Gasteiger partial charge on any atom is 0.200 e. The number of methoxy groups -OCH3 is 1. The largest absolute Gasteiger partial charge is 0.493 e. The van der Waals surface area contributed by atoms with Gasteiger partial charge in [0.2, 0.25) is 0 Å². The number of ether oxygens (including phenoxy) is 3. The van der Waals surface area contributed by atoms with Crippen molar-refractivity contribution in [3.8, 4) is 11.5 Å². The lowest BCUT2D eigenvalue weighted by atomic mass is 10.2. The van der Waals surface area contributed by atoms with E-state index in [-0.39, 0.29) is 6.29 Å². The zero-order valence-corrected chi connectivity index (χ0v) is 13.9. The first-order valence-corrected chi connectivity index (χ1v) is 7.76. The molecular weight excluding hydrogens is 376 g/mol. The highest BCUT2D eigenvalue weighted by atomic mass is 79.9. The molecule has 1 atom stereocenters. The standard InChI is InChI=1S/C14H16Br2O3/c1-17-12-8-10(9-13(15)16)5-6-11(12)19-14-4-2-3-7-18-14/h5-6,8-9,14H,2-4,7H2,1H3. The Morgan fingerprint density at radius 2 is 2.16 bits per heavy atom. The van der Waals surface area contributed by atoms with E-state index in [1.54, 1.807) is 7.11 Å². The molecule has 0 bridgehead atoms. The number of benzene rings is 1. The zero-order chi connectivity index (χ0) is 13.7. The van der Waals surface area contributed by atoms with E-state index in [0.29, 0.717) is 5.75 Å². The number of rotatable bonds is 4. The molecule has 1 heterocycles. The van der Waals surface area contributed by atoms with Crippen molar-refractivity contribution in [2.24, 2.45) is 0 Å². The van der Waals surface area contributed by atoms with Crippen LogP contribution in [0.3, 0.4) is 0 Å². The molecule has 0 aromatic heterocycles. The van der Waals surface area contributed by atoms with Crippen LogP contribution in [-0.2, 0) is 4.74 Å². The van der Waals surface area contributed by atoms with Crippen LogP contribution in [-0.4, -0.2) is 20.0 Å². The monoisotopic (exact) mass is 390 g/mol. The molecule has 1 aromatic carbocycles. The van der Waals surface area contributed by atoms with E-state index in [2.05, 4.69) is 31.9 Å². The third kappa shape index (κ3) is 4.51. The summed E-state index contributed by atoms with van der Waals surface area (Å²) >= 11 is 6.68. The molecule has 1 unspecified atom stereocenters. The summed E-state index contributed by atoms with van der Waals surface area (Å²) in [7, 11) is 1.64. The van der Waals surface area contributed by atoms with Crippen LogP contribution in [0.5, 0.6) is 11.5 Å². The minimum atomic E-state index is -0.160. The van der Waals surface area contributed by atoms with Crippen molar-refractivity contribution < 1.29 is 14.2 Å². The van der Waals surface area contributed by atoms with E-state index in [9.17, 15) is 0 Å². The summed E-state index contributed by atoms with van der Waals surface area (Å²) in [6, 6.07) is 5.81. The van der Waals surface area contributed by atoms with Crippen LogP contribution < -0.4 is 9.47 Å². The second kappa shape index (κ2) is 7.31. The molecule has 5 heteroatoms. The fourth-order valence-corrected chi connectivity index (χ4v) is 2.47. The normalized spacial score (nSPS) is 18.8. The molecule has 2 rings (SSSR count). The highest BCUT2D eigenvalue weighted by Gasteiger charge is 2.17. The first-order chi connectivity index (χ1) is 9.19. The summed E-state index contributed by atoms with van der Waals surface area (Å²) in [5.74, 6) is 1.43. The SMILES string of the molecule is COc1cc(C=C(Br)Br)ccc1OC1CCCCO1. The molecule has 1 fully saturated rings. The topological polar surface area (TPSA) is 27.7 Å². The predicted octanol–water partition coefficient (Wildman–Crippen LogP) is 4.69. The van der Waals surface area contributed by atoms with Crippen molar-refractivity contribution in [3.63, 3.8) is 0 Å². The van der Waals surface area contributed by atoms with E-state index in [4.69, 9.17) is 14.2 Å². The Bertz CT molecular complexity index is 450. The Morgan fingerprint density at radius 1 is 1.32 bits per heavy atom. The van der Waals surface area contributed by atoms with E-state index in [1.165, 1.54) is 0 Å². The fraction of sp³-hybridized carbons (Fsp3) is 0.429. The number of halogens is 2. The van der Waals surface area contributed by atoms with Gasteiger partial charge in [0.15, 0.2) is 17.8 Å². The van der Waals surface area contributed by atoms with Gasteiger partial charge in [-0.15, -0.1) is 0 Å². The first kappa shape index (κ1) is 14.9. The van der Waals surface area contributed by atoms with Crippen molar-refractivity contribution in [1.29, 1.82) is 0 Å². The smallest absolute Gasteiger partial charge is 0.200 e. The van der Waals surface area contributed by atoms with Gasteiger partial charge in [0.05, 0.1) is 17.1 Å². The van der Waals surface area contributed by atoms with Crippen LogP contribution >= 0.6 is 31.9 Å². The molecule has 104 valence electrons. The molecule has 0 amide bonds. The van der Waals surface area contributed by atoms with Gasteiger partial charge in [0, 0.05) is 6.42 Å². The molecule has 1 saturated heterocycles. The van der Waals surface area contributed by atoms with Gasteiger partial charge in [-0.05, 0) is 68.5 Å². The zero-order valence-electron chi connectivity index (χ0n) is 10.7. The van der Waals surface area contributed by atoms with Crippen LogP contribution in [0.15, 0.2) is 21.6 Å². The Kier molecular flexibility index (Phi) is 5.73. The van der Waals surface area contributed by atoms with E-state index in [1.807, 2.05) is 24.3 Å². The number of hydrogen-bond donors (Lipinski definition) is 0. The fourth-order valence-electron chi connectivity index (χ4n) is 1.94. The van der Waals surface area contributed by atoms with E-state index in [0.717, 1.165) is 40.6 Å². The third-order valence-corrected chi connectivity index (χ3v) is 3.32. The number of hydrogen-bond acceptors (Lipinski definition) is 3. The van der Waals surface area contributed by atoms with Crippen molar-refractivity contribution in [1.82, 2.24) is 0 Å². The molecule has 1 aromatic rings. The average molecular weight is 392 g/mol. The van der Waals surface area contributed by atoms with E-state index < -0.39 is 0 Å². The minimum absolute atomic E-state index is 0.160. The Morgan fingerprint density at radius 3 is 2.79 bits per heavy atom. The van der Waals surface area contributed by atoms with Gasteiger partial charge in [-0.1, -0.05) is 6.07 Å². The Balaban J connectivity index is 2.13. The van der Waals surface area contributed by atoms with Gasteiger partial charge in [0.1, 0.15) is 0 Å². The van der Waals surface area contributed by atoms with Gasteiger partial charge in [-0.25, -0.2) is 0 Å². The van der Waals surface area contributed by atoms with Crippen LogP contribution in [0.1, 0.15) is 24.8 Å². The van der Waals surface area contributed by atoms with Gasteiger partial charge in [0.25, 0.3) is 0 Å². The summed E-state index contributed by atoms with van der Waals surface area (Å²) in [6.45, 7) is 0.768. The lowest BCUT2D eigenvalue weighted by Gasteiger charge is -2.24.